The van der Waals surface area contributed by atoms with Crippen LogP contribution in [0, 0.1) is 0 Å². The van der Waals surface area contributed by atoms with Crippen LogP contribution < -0.4 is 5.32 Å². The molecule has 22 heavy (non-hydrogen) atoms. The Morgan fingerprint density at radius 2 is 2.00 bits per heavy atom. The maximum absolute atomic E-state index is 12.7. The molecule has 0 saturated carbocycles. The van der Waals surface area contributed by atoms with Crippen molar-refractivity contribution in [3.05, 3.63) is 35.4 Å². The van der Waals surface area contributed by atoms with Gasteiger partial charge in [-0.05, 0) is 44.5 Å². The van der Waals surface area contributed by atoms with E-state index in [0.29, 0.717) is 18.7 Å². The van der Waals surface area contributed by atoms with Gasteiger partial charge in [-0.3, -0.25) is 0 Å². The Morgan fingerprint density at radius 3 is 2.59 bits per heavy atom. The maximum Gasteiger partial charge on any atom is 0.416 e. The number of alkyl halides is 3. The summed E-state index contributed by atoms with van der Waals surface area (Å²) in [5.41, 5.74) is -1.37. The van der Waals surface area contributed by atoms with Gasteiger partial charge in [0.25, 0.3) is 0 Å². The van der Waals surface area contributed by atoms with E-state index in [1.165, 1.54) is 12.1 Å². The second kappa shape index (κ2) is 8.16. The number of aliphatic hydroxyl groups is 1. The number of nitrogens with one attached hydrogen (secondary N) is 1. The van der Waals surface area contributed by atoms with Crippen molar-refractivity contribution in [1.29, 1.82) is 0 Å². The Kier molecular flexibility index (Phi) is 7.14. The minimum Gasteiger partial charge on any atom is -0.387 e. The number of benzene rings is 1. The van der Waals surface area contributed by atoms with Gasteiger partial charge in [0, 0.05) is 23.3 Å². The molecule has 0 aromatic heterocycles. The number of aliphatic hydroxyl groups excluding tert-OH is 1. The molecular formula is C14H20F3NO3S. The zero-order chi connectivity index (χ0) is 16.8. The van der Waals surface area contributed by atoms with Crippen LogP contribution in [0.4, 0.5) is 13.2 Å². The van der Waals surface area contributed by atoms with Crippen molar-refractivity contribution in [1.82, 2.24) is 5.32 Å². The molecule has 0 saturated heterocycles. The van der Waals surface area contributed by atoms with E-state index in [-0.39, 0.29) is 5.56 Å². The first-order valence-corrected chi connectivity index (χ1v) is 7.63. The summed E-state index contributed by atoms with van der Waals surface area (Å²) in [4.78, 5) is 0. The second-order valence-corrected chi connectivity index (χ2v) is 6.22. The molecule has 0 aliphatic heterocycles. The smallest absolute Gasteiger partial charge is 0.387 e. The summed E-state index contributed by atoms with van der Waals surface area (Å²) in [6.45, 7) is 3.96. The highest BCUT2D eigenvalue weighted by Gasteiger charge is 2.33. The summed E-state index contributed by atoms with van der Waals surface area (Å²) in [6, 6.07) is 4.69. The number of hydrogen-bond acceptors (Lipinski definition) is 5. The lowest BCUT2D eigenvalue weighted by molar-refractivity contribution is -0.137. The summed E-state index contributed by atoms with van der Waals surface area (Å²) in [6.07, 6.45) is -4.85. The van der Waals surface area contributed by atoms with Gasteiger partial charge >= 0.3 is 6.18 Å². The fraction of sp³-hybridized carbons (Fsp3) is 0.571. The number of rotatable bonds is 8. The first-order chi connectivity index (χ1) is 10.2. The maximum atomic E-state index is 12.7. The van der Waals surface area contributed by atoms with E-state index in [1.807, 2.05) is 0 Å². The molecular weight excluding hydrogens is 319 g/mol. The standard InChI is InChI=1S/C14H20F3NO3S/c1-13(2,18-7-4-8-22-21-20)12(19)10-5-3-6-11(9-10)14(15,16)17/h3,5-6,9,12,18-20H,4,7-8H2,1-2H3. The van der Waals surface area contributed by atoms with Gasteiger partial charge in [0.2, 0.25) is 0 Å². The molecule has 1 aromatic rings. The van der Waals surface area contributed by atoms with E-state index >= 15 is 0 Å². The van der Waals surface area contributed by atoms with Gasteiger partial charge in [-0.2, -0.15) is 17.5 Å². The molecule has 1 unspecified atom stereocenters. The third-order valence-corrected chi connectivity index (χ3v) is 3.81. The highest BCUT2D eigenvalue weighted by atomic mass is 32.2. The summed E-state index contributed by atoms with van der Waals surface area (Å²) >= 11 is 0.896. The average Bonchev–Trinajstić information content (AvgIpc) is 2.45. The van der Waals surface area contributed by atoms with Crippen LogP contribution in [0.5, 0.6) is 0 Å². The van der Waals surface area contributed by atoms with Crippen molar-refractivity contribution in [2.45, 2.75) is 38.1 Å². The predicted molar refractivity (Wildman–Crippen MR) is 79.3 cm³/mol. The van der Waals surface area contributed by atoms with E-state index in [0.717, 1.165) is 24.2 Å². The van der Waals surface area contributed by atoms with E-state index in [4.69, 9.17) is 5.26 Å². The van der Waals surface area contributed by atoms with Gasteiger partial charge in [0.1, 0.15) is 0 Å². The van der Waals surface area contributed by atoms with Gasteiger partial charge in [0.15, 0.2) is 0 Å². The lowest BCUT2D eigenvalue weighted by Crippen LogP contribution is -2.45. The molecule has 0 bridgehead atoms. The number of hydrogen-bond donors (Lipinski definition) is 3. The van der Waals surface area contributed by atoms with Crippen molar-refractivity contribution in [2.24, 2.45) is 0 Å². The molecule has 126 valence electrons. The van der Waals surface area contributed by atoms with Crippen LogP contribution in [0.3, 0.4) is 0 Å². The van der Waals surface area contributed by atoms with Crippen LogP contribution in [0.25, 0.3) is 0 Å². The first kappa shape index (κ1) is 19.2. The van der Waals surface area contributed by atoms with E-state index in [1.54, 1.807) is 13.8 Å². The van der Waals surface area contributed by atoms with Gasteiger partial charge in [-0.25, -0.2) is 5.26 Å². The van der Waals surface area contributed by atoms with Crippen molar-refractivity contribution < 1.29 is 27.9 Å². The Bertz CT molecular complexity index is 469. The molecule has 0 aliphatic rings. The third-order valence-electron chi connectivity index (χ3n) is 3.25. The fourth-order valence-electron chi connectivity index (χ4n) is 1.98. The van der Waals surface area contributed by atoms with E-state index in [9.17, 15) is 18.3 Å². The van der Waals surface area contributed by atoms with Crippen molar-refractivity contribution >= 4 is 12.0 Å². The molecule has 0 amide bonds. The molecule has 0 fully saturated rings. The minimum atomic E-state index is -4.44. The molecule has 0 heterocycles. The molecule has 4 nitrogen and oxygen atoms in total. The van der Waals surface area contributed by atoms with E-state index < -0.39 is 23.4 Å². The lowest BCUT2D eigenvalue weighted by Gasteiger charge is -2.32. The highest BCUT2D eigenvalue weighted by molar-refractivity contribution is 7.94. The Hall–Kier alpha value is -0.800. The lowest BCUT2D eigenvalue weighted by atomic mass is 9.90. The van der Waals surface area contributed by atoms with Crippen molar-refractivity contribution in [3.63, 3.8) is 0 Å². The van der Waals surface area contributed by atoms with Gasteiger partial charge < -0.3 is 10.4 Å². The van der Waals surface area contributed by atoms with Crippen LogP contribution in [0.1, 0.15) is 37.5 Å². The fourth-order valence-corrected chi connectivity index (χ4v) is 2.31. The SMILES string of the molecule is CC(C)(NCCCSOO)C(O)c1cccc(C(F)(F)F)c1. The van der Waals surface area contributed by atoms with Crippen molar-refractivity contribution in [2.75, 3.05) is 12.3 Å². The molecule has 1 atom stereocenters. The minimum absolute atomic E-state index is 0.209. The average molecular weight is 339 g/mol. The normalized spacial score (nSPS) is 14.1. The van der Waals surface area contributed by atoms with Crippen LogP contribution in [0.15, 0.2) is 24.3 Å². The Labute approximate surface area is 131 Å². The first-order valence-electron chi connectivity index (χ1n) is 6.72. The van der Waals surface area contributed by atoms with Gasteiger partial charge in [-0.15, -0.1) is 0 Å². The second-order valence-electron chi connectivity index (χ2n) is 5.42. The Balaban J connectivity index is 2.70. The van der Waals surface area contributed by atoms with Crippen LogP contribution in [-0.2, 0) is 10.5 Å². The molecule has 0 radical (unpaired) electrons. The van der Waals surface area contributed by atoms with E-state index in [2.05, 4.69) is 9.65 Å². The molecule has 8 heteroatoms. The zero-order valence-corrected chi connectivity index (χ0v) is 13.2. The molecule has 0 spiro atoms. The molecule has 1 aromatic carbocycles. The summed E-state index contributed by atoms with van der Waals surface area (Å²) in [5, 5.41) is 21.6. The van der Waals surface area contributed by atoms with Gasteiger partial charge in [0.05, 0.1) is 11.7 Å². The van der Waals surface area contributed by atoms with Crippen LogP contribution in [-0.4, -0.2) is 28.2 Å². The van der Waals surface area contributed by atoms with Gasteiger partial charge in [-0.1, -0.05) is 12.1 Å². The zero-order valence-electron chi connectivity index (χ0n) is 12.4. The summed E-state index contributed by atoms with van der Waals surface area (Å²) in [7, 11) is 0. The number of halogens is 3. The van der Waals surface area contributed by atoms with Crippen molar-refractivity contribution in [3.8, 4) is 0 Å². The topological polar surface area (TPSA) is 61.7 Å². The highest BCUT2D eigenvalue weighted by Crippen LogP contribution is 2.33. The monoisotopic (exact) mass is 339 g/mol. The van der Waals surface area contributed by atoms with Crippen LogP contribution >= 0.6 is 12.0 Å². The quantitative estimate of drug-likeness (QED) is 0.292. The van der Waals surface area contributed by atoms with Crippen LogP contribution in [0.2, 0.25) is 0 Å². The largest absolute Gasteiger partial charge is 0.416 e. The molecule has 3 N–H and O–H groups in total. The predicted octanol–water partition coefficient (Wildman–Crippen LogP) is 3.63. The summed E-state index contributed by atoms with van der Waals surface area (Å²) in [5.74, 6) is 0.555. The summed E-state index contributed by atoms with van der Waals surface area (Å²) < 4.78 is 42.0. The molecule has 1 rings (SSSR count). The molecule has 0 aliphatic carbocycles. The Morgan fingerprint density at radius 1 is 1.32 bits per heavy atom. The third kappa shape index (κ3) is 5.77.